The van der Waals surface area contributed by atoms with Crippen molar-refractivity contribution in [2.24, 2.45) is 11.1 Å². The molecule has 3 atom stereocenters. The van der Waals surface area contributed by atoms with Crippen LogP contribution in [0.4, 0.5) is 4.39 Å². The molecule has 3 N–H and O–H groups in total. The van der Waals surface area contributed by atoms with Gasteiger partial charge in [0.05, 0.1) is 11.5 Å². The molecule has 3 nitrogen and oxygen atoms in total. The van der Waals surface area contributed by atoms with Gasteiger partial charge in [-0.2, -0.15) is 0 Å². The molecule has 0 aromatic heterocycles. The van der Waals surface area contributed by atoms with E-state index in [4.69, 9.17) is 5.73 Å². The first-order chi connectivity index (χ1) is 8.93. The molecule has 0 saturated heterocycles. The minimum absolute atomic E-state index is 0.0331. The van der Waals surface area contributed by atoms with Gasteiger partial charge in [0, 0.05) is 6.04 Å². The molecule has 1 aliphatic carbocycles. The number of nitrogens with two attached hydrogens (primary N) is 1. The van der Waals surface area contributed by atoms with Crippen LogP contribution < -0.4 is 11.1 Å². The fourth-order valence-electron chi connectivity index (χ4n) is 2.70. The summed E-state index contributed by atoms with van der Waals surface area (Å²) in [5.74, 6) is -0.323. The Hall–Kier alpha value is -1.42. The lowest BCUT2D eigenvalue weighted by Crippen LogP contribution is -2.47. The van der Waals surface area contributed by atoms with E-state index in [1.807, 2.05) is 19.9 Å². The van der Waals surface area contributed by atoms with Crippen molar-refractivity contribution in [1.82, 2.24) is 5.32 Å². The predicted molar refractivity (Wildman–Crippen MR) is 72.9 cm³/mol. The smallest absolute Gasteiger partial charge is 0.227 e. The highest BCUT2D eigenvalue weighted by molar-refractivity contribution is 5.83. The number of hydrogen-bond donors (Lipinski definition) is 2. The third-order valence-corrected chi connectivity index (χ3v) is 4.24. The lowest BCUT2D eigenvalue weighted by atomic mass is 9.84. The molecule has 19 heavy (non-hydrogen) atoms. The summed E-state index contributed by atoms with van der Waals surface area (Å²) in [6.07, 6.45) is 2.69. The molecule has 0 radical (unpaired) electrons. The first-order valence-corrected chi connectivity index (χ1v) is 6.75. The van der Waals surface area contributed by atoms with Crippen molar-refractivity contribution in [3.05, 3.63) is 35.6 Å². The third kappa shape index (κ3) is 2.78. The fourth-order valence-corrected chi connectivity index (χ4v) is 2.70. The number of carbonyl (C=O) groups is 1. The highest BCUT2D eigenvalue weighted by Gasteiger charge is 2.43. The van der Waals surface area contributed by atoms with Gasteiger partial charge in [-0.15, -0.1) is 0 Å². The number of hydrogen-bond acceptors (Lipinski definition) is 2. The van der Waals surface area contributed by atoms with E-state index in [0.29, 0.717) is 0 Å². The van der Waals surface area contributed by atoms with Crippen LogP contribution in [-0.2, 0) is 4.79 Å². The van der Waals surface area contributed by atoms with Gasteiger partial charge in [-0.25, -0.2) is 4.39 Å². The maximum atomic E-state index is 13.2. The van der Waals surface area contributed by atoms with E-state index in [-0.39, 0.29) is 23.8 Å². The van der Waals surface area contributed by atoms with Crippen LogP contribution in [-0.4, -0.2) is 11.9 Å². The Morgan fingerprint density at radius 3 is 2.89 bits per heavy atom. The van der Waals surface area contributed by atoms with Crippen molar-refractivity contribution in [1.29, 1.82) is 0 Å². The van der Waals surface area contributed by atoms with Gasteiger partial charge in [-0.05, 0) is 44.4 Å². The molecular formula is C15H21FN2O. The van der Waals surface area contributed by atoms with Crippen molar-refractivity contribution >= 4 is 5.91 Å². The van der Waals surface area contributed by atoms with E-state index in [1.54, 1.807) is 6.07 Å². The molecule has 0 bridgehead atoms. The lowest BCUT2D eigenvalue weighted by Gasteiger charge is -2.29. The lowest BCUT2D eigenvalue weighted by molar-refractivity contribution is -0.131. The van der Waals surface area contributed by atoms with Crippen molar-refractivity contribution in [3.63, 3.8) is 0 Å². The van der Waals surface area contributed by atoms with Crippen LogP contribution in [0.15, 0.2) is 24.3 Å². The zero-order valence-electron chi connectivity index (χ0n) is 11.4. The second-order valence-electron chi connectivity index (χ2n) is 5.67. The van der Waals surface area contributed by atoms with E-state index in [1.165, 1.54) is 12.1 Å². The summed E-state index contributed by atoms with van der Waals surface area (Å²) < 4.78 is 13.2. The third-order valence-electron chi connectivity index (χ3n) is 4.24. The molecular weight excluding hydrogens is 243 g/mol. The van der Waals surface area contributed by atoms with Gasteiger partial charge in [0.2, 0.25) is 5.91 Å². The molecule has 0 aliphatic heterocycles. The molecule has 4 heteroatoms. The molecule has 1 fully saturated rings. The Kier molecular flexibility index (Phi) is 3.90. The highest BCUT2D eigenvalue weighted by atomic mass is 19.1. The van der Waals surface area contributed by atoms with Gasteiger partial charge in [-0.1, -0.05) is 18.6 Å². The van der Waals surface area contributed by atoms with E-state index in [0.717, 1.165) is 24.8 Å². The summed E-state index contributed by atoms with van der Waals surface area (Å²) in [5.41, 5.74) is 6.30. The summed E-state index contributed by atoms with van der Waals surface area (Å²) in [6, 6.07) is 6.00. The monoisotopic (exact) mass is 264 g/mol. The maximum Gasteiger partial charge on any atom is 0.227 e. The van der Waals surface area contributed by atoms with Gasteiger partial charge >= 0.3 is 0 Å². The maximum absolute atomic E-state index is 13.2. The molecule has 2 rings (SSSR count). The van der Waals surface area contributed by atoms with Crippen LogP contribution >= 0.6 is 0 Å². The molecule has 1 aliphatic rings. The molecule has 0 spiro atoms. The average molecular weight is 264 g/mol. The van der Waals surface area contributed by atoms with E-state index < -0.39 is 5.41 Å². The summed E-state index contributed by atoms with van der Waals surface area (Å²) in [7, 11) is 0. The summed E-state index contributed by atoms with van der Waals surface area (Å²) in [5, 5.41) is 2.95. The van der Waals surface area contributed by atoms with Crippen LogP contribution in [0, 0.1) is 11.2 Å². The zero-order valence-corrected chi connectivity index (χ0v) is 11.4. The van der Waals surface area contributed by atoms with Crippen molar-refractivity contribution < 1.29 is 9.18 Å². The molecule has 1 saturated carbocycles. The summed E-state index contributed by atoms with van der Waals surface area (Å²) in [6.45, 7) is 3.77. The first-order valence-electron chi connectivity index (χ1n) is 6.75. The topological polar surface area (TPSA) is 55.1 Å². The standard InChI is InChI=1S/C15H21FN2O/c1-10(11-5-3-6-12(16)9-11)18-14(19)15(2)8-4-7-13(15)17/h3,5-6,9-10,13H,4,7-8,17H2,1-2H3,(H,18,19)/t10-,13?,15?/m1/s1. The van der Waals surface area contributed by atoms with Gasteiger partial charge < -0.3 is 11.1 Å². The van der Waals surface area contributed by atoms with Gasteiger partial charge in [0.15, 0.2) is 0 Å². The number of halogens is 1. The molecule has 1 amide bonds. The SMILES string of the molecule is C[C@@H](NC(=O)C1(C)CCCC1N)c1cccc(F)c1. The van der Waals surface area contributed by atoms with Crippen LogP contribution in [0.1, 0.15) is 44.7 Å². The van der Waals surface area contributed by atoms with Gasteiger partial charge in [0.25, 0.3) is 0 Å². The second kappa shape index (κ2) is 5.29. The molecule has 0 heterocycles. The Balaban J connectivity index is 2.07. The van der Waals surface area contributed by atoms with E-state index in [2.05, 4.69) is 5.32 Å². The highest BCUT2D eigenvalue weighted by Crippen LogP contribution is 2.37. The zero-order chi connectivity index (χ0) is 14.0. The minimum atomic E-state index is -0.498. The normalized spacial score (nSPS) is 28.1. The number of carbonyl (C=O) groups excluding carboxylic acids is 1. The van der Waals surface area contributed by atoms with Crippen molar-refractivity contribution in [2.45, 2.75) is 45.2 Å². The largest absolute Gasteiger partial charge is 0.349 e. The molecule has 2 unspecified atom stereocenters. The Morgan fingerprint density at radius 2 is 2.32 bits per heavy atom. The van der Waals surface area contributed by atoms with Gasteiger partial charge in [-0.3, -0.25) is 4.79 Å². The quantitative estimate of drug-likeness (QED) is 0.881. The number of rotatable bonds is 3. The number of amides is 1. The first kappa shape index (κ1) is 14.0. The number of benzene rings is 1. The average Bonchev–Trinajstić information content (AvgIpc) is 2.71. The van der Waals surface area contributed by atoms with E-state index >= 15 is 0 Å². The summed E-state index contributed by atoms with van der Waals surface area (Å²) >= 11 is 0. The Labute approximate surface area is 113 Å². The van der Waals surface area contributed by atoms with Crippen molar-refractivity contribution in [2.75, 3.05) is 0 Å². The Morgan fingerprint density at radius 1 is 1.58 bits per heavy atom. The number of nitrogens with one attached hydrogen (secondary N) is 1. The fraction of sp³-hybridized carbons (Fsp3) is 0.533. The van der Waals surface area contributed by atoms with Crippen LogP contribution in [0.2, 0.25) is 0 Å². The minimum Gasteiger partial charge on any atom is -0.349 e. The second-order valence-corrected chi connectivity index (χ2v) is 5.67. The van der Waals surface area contributed by atoms with Gasteiger partial charge in [0.1, 0.15) is 5.82 Å². The van der Waals surface area contributed by atoms with Crippen LogP contribution in [0.3, 0.4) is 0 Å². The Bertz CT molecular complexity index is 477. The van der Waals surface area contributed by atoms with Crippen LogP contribution in [0.5, 0.6) is 0 Å². The van der Waals surface area contributed by atoms with Crippen molar-refractivity contribution in [3.8, 4) is 0 Å². The molecule has 1 aromatic carbocycles. The molecule has 1 aromatic rings. The predicted octanol–water partition coefficient (Wildman–Crippen LogP) is 2.52. The summed E-state index contributed by atoms with van der Waals surface area (Å²) in [4.78, 5) is 12.4. The van der Waals surface area contributed by atoms with Crippen LogP contribution in [0.25, 0.3) is 0 Å². The molecule has 104 valence electrons. The van der Waals surface area contributed by atoms with E-state index in [9.17, 15) is 9.18 Å².